The van der Waals surface area contributed by atoms with Crippen LogP contribution < -0.4 is 19.5 Å². The van der Waals surface area contributed by atoms with Crippen LogP contribution in [0.25, 0.3) is 0 Å². The van der Waals surface area contributed by atoms with E-state index in [2.05, 4.69) is 21.2 Å². The van der Waals surface area contributed by atoms with E-state index in [1.54, 1.807) is 31.4 Å². The van der Waals surface area contributed by atoms with Crippen LogP contribution in [0.15, 0.2) is 40.9 Å². The van der Waals surface area contributed by atoms with Crippen LogP contribution in [0.3, 0.4) is 0 Å². The highest BCUT2D eigenvalue weighted by Gasteiger charge is 2.19. The summed E-state index contributed by atoms with van der Waals surface area (Å²) >= 11 is 3.56. The van der Waals surface area contributed by atoms with Crippen molar-refractivity contribution in [2.24, 2.45) is 0 Å². The topological polar surface area (TPSA) is 56.8 Å². The monoisotopic (exact) mass is 405 g/mol. The third-order valence-corrected chi connectivity index (χ3v) is 4.72. The molecule has 1 atom stereocenters. The number of carbonyl (C=O) groups is 1. The molecule has 5 nitrogen and oxygen atoms in total. The van der Waals surface area contributed by atoms with Gasteiger partial charge in [0.25, 0.3) is 5.91 Å². The van der Waals surface area contributed by atoms with Crippen LogP contribution in [-0.2, 0) is 0 Å². The van der Waals surface area contributed by atoms with Crippen molar-refractivity contribution in [1.82, 2.24) is 5.32 Å². The van der Waals surface area contributed by atoms with Gasteiger partial charge in [-0.1, -0.05) is 15.9 Å². The molecule has 1 unspecified atom stereocenters. The maximum atomic E-state index is 12.5. The molecule has 0 fully saturated rings. The van der Waals surface area contributed by atoms with E-state index >= 15 is 0 Å². The first-order chi connectivity index (χ1) is 12.1. The predicted molar refractivity (Wildman–Crippen MR) is 98.6 cm³/mol. The Kier molecular flexibility index (Phi) is 5.48. The Hall–Kier alpha value is -2.21. The summed E-state index contributed by atoms with van der Waals surface area (Å²) in [6, 6.07) is 10.6. The first-order valence-corrected chi connectivity index (χ1v) is 8.91. The smallest absolute Gasteiger partial charge is 0.251 e. The number of benzene rings is 2. The fourth-order valence-electron chi connectivity index (χ4n) is 2.63. The summed E-state index contributed by atoms with van der Waals surface area (Å²) in [4.78, 5) is 12.5. The van der Waals surface area contributed by atoms with Crippen molar-refractivity contribution in [3.05, 3.63) is 52.0 Å². The lowest BCUT2D eigenvalue weighted by molar-refractivity contribution is 0.0939. The molecule has 1 amide bonds. The Morgan fingerprint density at radius 3 is 2.44 bits per heavy atom. The fraction of sp³-hybridized carbons (Fsp3) is 0.316. The predicted octanol–water partition coefficient (Wildman–Crippen LogP) is 4.11. The number of hydrogen-bond donors (Lipinski definition) is 1. The summed E-state index contributed by atoms with van der Waals surface area (Å²) in [5.41, 5.74) is 1.52. The highest BCUT2D eigenvalue weighted by Crippen LogP contribution is 2.37. The zero-order chi connectivity index (χ0) is 17.8. The van der Waals surface area contributed by atoms with Crippen LogP contribution >= 0.6 is 15.9 Å². The Labute approximate surface area is 155 Å². The third kappa shape index (κ3) is 4.07. The van der Waals surface area contributed by atoms with E-state index in [0.717, 1.165) is 28.0 Å². The third-order valence-electron chi connectivity index (χ3n) is 4.03. The van der Waals surface area contributed by atoms with Crippen molar-refractivity contribution in [3.63, 3.8) is 0 Å². The van der Waals surface area contributed by atoms with Crippen molar-refractivity contribution >= 4 is 21.8 Å². The molecule has 0 bridgehead atoms. The van der Waals surface area contributed by atoms with Gasteiger partial charge >= 0.3 is 0 Å². The molecule has 0 radical (unpaired) electrons. The molecular weight excluding hydrogens is 386 g/mol. The number of carbonyl (C=O) groups excluding carboxylic acids is 1. The number of rotatable bonds is 4. The Morgan fingerprint density at radius 2 is 1.80 bits per heavy atom. The molecule has 25 heavy (non-hydrogen) atoms. The SMILES string of the molecule is COc1ccc(C(=O)NC(C)c2cc3c(cc2Br)OCCCO3)cc1. The van der Waals surface area contributed by atoms with Crippen LogP contribution in [0.5, 0.6) is 17.2 Å². The minimum Gasteiger partial charge on any atom is -0.497 e. The second-order valence-corrected chi connectivity index (χ2v) is 6.65. The Balaban J connectivity index is 1.77. The van der Waals surface area contributed by atoms with E-state index in [0.29, 0.717) is 24.5 Å². The molecule has 0 saturated carbocycles. The summed E-state index contributed by atoms with van der Waals surface area (Å²) in [7, 11) is 1.60. The quantitative estimate of drug-likeness (QED) is 0.831. The van der Waals surface area contributed by atoms with Gasteiger partial charge in [0, 0.05) is 16.5 Å². The van der Waals surface area contributed by atoms with E-state index in [1.807, 2.05) is 19.1 Å². The molecule has 0 spiro atoms. The summed E-state index contributed by atoms with van der Waals surface area (Å²) in [5, 5.41) is 3.01. The number of methoxy groups -OCH3 is 1. The lowest BCUT2D eigenvalue weighted by Gasteiger charge is -2.18. The fourth-order valence-corrected chi connectivity index (χ4v) is 3.30. The molecule has 2 aromatic rings. The maximum absolute atomic E-state index is 12.5. The van der Waals surface area contributed by atoms with E-state index in [-0.39, 0.29) is 11.9 Å². The molecule has 2 aromatic carbocycles. The highest BCUT2D eigenvalue weighted by atomic mass is 79.9. The van der Waals surface area contributed by atoms with Gasteiger partial charge in [-0.15, -0.1) is 0 Å². The van der Waals surface area contributed by atoms with Gasteiger partial charge in [0.2, 0.25) is 0 Å². The Bertz CT molecular complexity index is 761. The van der Waals surface area contributed by atoms with Crippen molar-refractivity contribution in [3.8, 4) is 17.2 Å². The zero-order valence-corrected chi connectivity index (χ0v) is 15.8. The van der Waals surface area contributed by atoms with E-state index < -0.39 is 0 Å². The minimum atomic E-state index is -0.193. The molecule has 0 saturated heterocycles. The average Bonchev–Trinajstić information content (AvgIpc) is 2.85. The number of halogens is 1. The number of fused-ring (bicyclic) bond motifs is 1. The van der Waals surface area contributed by atoms with Crippen molar-refractivity contribution < 1.29 is 19.0 Å². The first-order valence-electron chi connectivity index (χ1n) is 8.12. The largest absolute Gasteiger partial charge is 0.497 e. The summed E-state index contributed by atoms with van der Waals surface area (Å²) in [6.07, 6.45) is 0.853. The molecule has 0 aliphatic carbocycles. The Morgan fingerprint density at radius 1 is 1.16 bits per heavy atom. The van der Waals surface area contributed by atoms with Crippen LogP contribution in [-0.4, -0.2) is 26.2 Å². The molecule has 6 heteroatoms. The van der Waals surface area contributed by atoms with Gasteiger partial charge in [0.15, 0.2) is 11.5 Å². The van der Waals surface area contributed by atoms with Crippen LogP contribution in [0.1, 0.15) is 35.3 Å². The van der Waals surface area contributed by atoms with E-state index in [9.17, 15) is 4.79 Å². The molecule has 1 heterocycles. The van der Waals surface area contributed by atoms with Crippen LogP contribution in [0.2, 0.25) is 0 Å². The first kappa shape index (κ1) is 17.6. The van der Waals surface area contributed by atoms with Crippen LogP contribution in [0.4, 0.5) is 0 Å². The molecule has 132 valence electrons. The second kappa shape index (κ2) is 7.78. The molecular formula is C19H20BrNO4. The zero-order valence-electron chi connectivity index (χ0n) is 14.2. The van der Waals surface area contributed by atoms with Gasteiger partial charge in [0.1, 0.15) is 5.75 Å². The van der Waals surface area contributed by atoms with E-state index in [1.165, 1.54) is 0 Å². The number of ether oxygens (including phenoxy) is 3. The molecule has 0 aromatic heterocycles. The number of nitrogens with one attached hydrogen (secondary N) is 1. The molecule has 1 N–H and O–H groups in total. The second-order valence-electron chi connectivity index (χ2n) is 5.79. The number of amides is 1. The van der Waals surface area contributed by atoms with Crippen molar-refractivity contribution in [2.75, 3.05) is 20.3 Å². The standard InChI is InChI=1S/C19H20BrNO4/c1-12(21-19(22)13-4-6-14(23-2)7-5-13)15-10-17-18(11-16(15)20)25-9-3-8-24-17/h4-7,10-12H,3,8-9H2,1-2H3,(H,21,22). The molecule has 1 aliphatic rings. The lowest BCUT2D eigenvalue weighted by Crippen LogP contribution is -2.26. The van der Waals surface area contributed by atoms with Crippen molar-refractivity contribution in [2.45, 2.75) is 19.4 Å². The van der Waals surface area contributed by atoms with Gasteiger partial charge in [-0.25, -0.2) is 0 Å². The minimum absolute atomic E-state index is 0.144. The van der Waals surface area contributed by atoms with Crippen molar-refractivity contribution in [1.29, 1.82) is 0 Å². The average molecular weight is 406 g/mol. The van der Waals surface area contributed by atoms with Gasteiger partial charge in [0.05, 0.1) is 26.4 Å². The van der Waals surface area contributed by atoms with Crippen LogP contribution in [0, 0.1) is 0 Å². The van der Waals surface area contributed by atoms with Gasteiger partial charge in [-0.3, -0.25) is 4.79 Å². The number of hydrogen-bond acceptors (Lipinski definition) is 4. The maximum Gasteiger partial charge on any atom is 0.251 e. The molecule has 1 aliphatic heterocycles. The lowest BCUT2D eigenvalue weighted by atomic mass is 10.1. The van der Waals surface area contributed by atoms with Gasteiger partial charge < -0.3 is 19.5 Å². The summed E-state index contributed by atoms with van der Waals surface area (Å²) in [6.45, 7) is 3.20. The highest BCUT2D eigenvalue weighted by molar-refractivity contribution is 9.10. The normalized spacial score (nSPS) is 14.4. The molecule has 3 rings (SSSR count). The summed E-state index contributed by atoms with van der Waals surface area (Å²) in [5.74, 6) is 2.01. The van der Waals surface area contributed by atoms with E-state index in [4.69, 9.17) is 14.2 Å². The van der Waals surface area contributed by atoms with Gasteiger partial charge in [-0.2, -0.15) is 0 Å². The van der Waals surface area contributed by atoms with Gasteiger partial charge in [-0.05, 0) is 48.9 Å². The summed E-state index contributed by atoms with van der Waals surface area (Å²) < 4.78 is 17.4.